The number of likely N-dealkylation sites (tertiary alicyclic amines) is 1. The number of aromatic nitrogens is 3. The summed E-state index contributed by atoms with van der Waals surface area (Å²) in [7, 11) is -4.76. The molecule has 3 aromatic rings. The van der Waals surface area contributed by atoms with Gasteiger partial charge in [0.1, 0.15) is 16.5 Å². The van der Waals surface area contributed by atoms with E-state index in [0.29, 0.717) is 17.9 Å². The first-order valence-corrected chi connectivity index (χ1v) is 16.5. The molecule has 0 bridgehead atoms. The maximum atomic E-state index is 14.2. The van der Waals surface area contributed by atoms with E-state index in [1.165, 1.54) is 17.9 Å². The SMILES string of the molecule is CC[C@H](NS(=O)(=O)c1ccc(-c2sc(-c3noc(CC(C)(C)OC=O)n3)nc2CN2CCCC(F)(F)C2)c(Cl)c1Cl)C(F)(F)F. The lowest BCUT2D eigenvalue weighted by atomic mass is 10.1. The zero-order valence-electron chi connectivity index (χ0n) is 24.1. The number of hydrogen-bond donors (Lipinski definition) is 1. The maximum absolute atomic E-state index is 14.2. The molecular formula is C26H28Cl2F5N5O5S2. The topological polar surface area (TPSA) is 128 Å². The number of ether oxygens (including phenoxy) is 1. The number of piperidine rings is 1. The van der Waals surface area contributed by atoms with Crippen molar-refractivity contribution < 1.29 is 44.4 Å². The first-order chi connectivity index (χ1) is 20.9. The molecule has 4 rings (SSSR count). The van der Waals surface area contributed by atoms with Gasteiger partial charge < -0.3 is 9.26 Å². The summed E-state index contributed by atoms with van der Waals surface area (Å²) >= 11 is 13.9. The second-order valence-corrected chi connectivity index (χ2v) is 14.4. The molecule has 2 aromatic heterocycles. The quantitative estimate of drug-likeness (QED) is 0.165. The van der Waals surface area contributed by atoms with Gasteiger partial charge in [0, 0.05) is 18.5 Å². The van der Waals surface area contributed by atoms with E-state index in [0.717, 1.165) is 17.4 Å². The van der Waals surface area contributed by atoms with Crippen LogP contribution in [0.15, 0.2) is 21.6 Å². The van der Waals surface area contributed by atoms with Gasteiger partial charge in [-0.05, 0) is 39.3 Å². The number of carbonyl (C=O) groups excluding carboxylic acids is 1. The number of benzene rings is 1. The highest BCUT2D eigenvalue weighted by Gasteiger charge is 2.42. The average Bonchev–Trinajstić information content (AvgIpc) is 3.54. The zero-order valence-corrected chi connectivity index (χ0v) is 27.2. The summed E-state index contributed by atoms with van der Waals surface area (Å²) in [6.45, 7) is 4.52. The zero-order chi connectivity index (χ0) is 33.4. The Morgan fingerprint density at radius 2 is 1.93 bits per heavy atom. The lowest BCUT2D eigenvalue weighted by Crippen LogP contribution is -2.44. The van der Waals surface area contributed by atoms with Gasteiger partial charge in [0.15, 0.2) is 5.01 Å². The number of thiazole rings is 1. The van der Waals surface area contributed by atoms with E-state index in [4.69, 9.17) is 32.5 Å². The van der Waals surface area contributed by atoms with Crippen LogP contribution in [0.1, 0.15) is 51.6 Å². The van der Waals surface area contributed by atoms with Gasteiger partial charge in [-0.25, -0.2) is 22.2 Å². The Kier molecular flexibility index (Phi) is 10.5. The minimum atomic E-state index is -4.84. The Morgan fingerprint density at radius 3 is 2.56 bits per heavy atom. The van der Waals surface area contributed by atoms with Crippen molar-refractivity contribution in [2.75, 3.05) is 13.1 Å². The number of halogens is 7. The Balaban J connectivity index is 1.74. The molecule has 1 atom stereocenters. The molecule has 45 heavy (non-hydrogen) atoms. The van der Waals surface area contributed by atoms with Crippen LogP contribution in [-0.4, -0.2) is 71.7 Å². The normalized spacial score (nSPS) is 16.9. The molecule has 1 aliphatic rings. The maximum Gasteiger partial charge on any atom is 0.404 e. The van der Waals surface area contributed by atoms with Gasteiger partial charge in [-0.2, -0.15) is 22.9 Å². The van der Waals surface area contributed by atoms with Gasteiger partial charge in [-0.3, -0.25) is 9.69 Å². The molecule has 0 saturated carbocycles. The summed E-state index contributed by atoms with van der Waals surface area (Å²) in [4.78, 5) is 20.8. The third kappa shape index (κ3) is 8.48. The molecule has 0 amide bonds. The third-order valence-corrected chi connectivity index (χ3v) is 10.5. The third-order valence-electron chi connectivity index (χ3n) is 6.83. The number of nitrogens with one attached hydrogen (secondary N) is 1. The van der Waals surface area contributed by atoms with Crippen molar-refractivity contribution in [1.82, 2.24) is 24.7 Å². The van der Waals surface area contributed by atoms with Gasteiger partial charge in [0.05, 0.1) is 33.6 Å². The molecule has 10 nitrogen and oxygen atoms in total. The Hall–Kier alpha value is -2.44. The predicted molar refractivity (Wildman–Crippen MR) is 156 cm³/mol. The number of rotatable bonds is 12. The van der Waals surface area contributed by atoms with Gasteiger partial charge in [-0.1, -0.05) is 41.3 Å². The predicted octanol–water partition coefficient (Wildman–Crippen LogP) is 6.51. The molecule has 1 aromatic carbocycles. The summed E-state index contributed by atoms with van der Waals surface area (Å²) in [6.07, 6.45) is -5.34. The number of alkyl halides is 5. The lowest BCUT2D eigenvalue weighted by Gasteiger charge is -2.32. The second-order valence-electron chi connectivity index (χ2n) is 11.0. The van der Waals surface area contributed by atoms with E-state index in [2.05, 4.69) is 15.1 Å². The molecule has 0 unspecified atom stereocenters. The summed E-state index contributed by atoms with van der Waals surface area (Å²) in [5.74, 6) is -2.75. The molecular weight excluding hydrogens is 692 g/mol. The lowest BCUT2D eigenvalue weighted by molar-refractivity contribution is -0.151. The Morgan fingerprint density at radius 1 is 1.22 bits per heavy atom. The fourth-order valence-electron chi connectivity index (χ4n) is 4.65. The van der Waals surface area contributed by atoms with E-state index in [1.54, 1.807) is 18.6 Å². The molecule has 3 heterocycles. The monoisotopic (exact) mass is 719 g/mol. The van der Waals surface area contributed by atoms with Crippen molar-refractivity contribution >= 4 is 51.0 Å². The van der Waals surface area contributed by atoms with Crippen LogP contribution in [0.25, 0.3) is 21.3 Å². The van der Waals surface area contributed by atoms with Crippen LogP contribution in [0.5, 0.6) is 0 Å². The molecule has 0 radical (unpaired) electrons. The summed E-state index contributed by atoms with van der Waals surface area (Å²) in [5, 5.41) is 3.30. The van der Waals surface area contributed by atoms with Crippen molar-refractivity contribution in [3.63, 3.8) is 0 Å². The first kappa shape index (κ1) is 35.4. The van der Waals surface area contributed by atoms with Crippen molar-refractivity contribution in [2.45, 2.75) is 81.6 Å². The molecule has 0 aliphatic carbocycles. The van der Waals surface area contributed by atoms with Gasteiger partial charge >= 0.3 is 6.18 Å². The van der Waals surface area contributed by atoms with E-state index in [1.807, 2.05) is 0 Å². The molecule has 248 valence electrons. The van der Waals surface area contributed by atoms with Crippen LogP contribution in [0.2, 0.25) is 10.0 Å². The standard InChI is InChI=1S/C26H28Cl2F5N5O5S2/c1-4-17(26(31,32)33)37-45(40,41)16-7-6-14(19(27)20(16)28)21-15(11-38-9-5-8-25(29,30)12-38)34-23(44-21)22-35-18(43-36-22)10-24(2,3)42-13-39/h6-7,13,17,37H,4-5,8-12H2,1-3H3/t17-/m0/s1. The highest BCUT2D eigenvalue weighted by Crippen LogP contribution is 2.44. The van der Waals surface area contributed by atoms with E-state index in [9.17, 15) is 35.2 Å². The van der Waals surface area contributed by atoms with Crippen molar-refractivity contribution in [3.05, 3.63) is 33.8 Å². The molecule has 0 spiro atoms. The summed E-state index contributed by atoms with van der Waals surface area (Å²) in [5.41, 5.74) is -0.517. The van der Waals surface area contributed by atoms with E-state index >= 15 is 0 Å². The van der Waals surface area contributed by atoms with Crippen LogP contribution in [0.4, 0.5) is 22.0 Å². The summed E-state index contributed by atoms with van der Waals surface area (Å²) < 4.78 is 106. The van der Waals surface area contributed by atoms with E-state index < -0.39 is 56.6 Å². The van der Waals surface area contributed by atoms with E-state index in [-0.39, 0.29) is 58.8 Å². The van der Waals surface area contributed by atoms with Crippen LogP contribution in [0, 0.1) is 0 Å². The van der Waals surface area contributed by atoms with Crippen LogP contribution in [0.3, 0.4) is 0 Å². The fraction of sp³-hybridized carbons (Fsp3) is 0.538. The van der Waals surface area contributed by atoms with Crippen molar-refractivity contribution in [1.29, 1.82) is 0 Å². The largest absolute Gasteiger partial charge is 0.461 e. The minimum Gasteiger partial charge on any atom is -0.461 e. The van der Waals surface area contributed by atoms with Crippen LogP contribution in [-0.2, 0) is 32.5 Å². The first-order valence-electron chi connectivity index (χ1n) is 13.5. The number of hydrogen-bond acceptors (Lipinski definition) is 10. The minimum absolute atomic E-state index is 0.0387. The molecule has 1 N–H and O–H groups in total. The second kappa shape index (κ2) is 13.4. The average molecular weight is 721 g/mol. The molecule has 1 fully saturated rings. The van der Waals surface area contributed by atoms with Gasteiger partial charge in [-0.15, -0.1) is 11.3 Å². The smallest absolute Gasteiger partial charge is 0.404 e. The highest BCUT2D eigenvalue weighted by atomic mass is 35.5. The number of nitrogens with zero attached hydrogens (tertiary/aromatic N) is 4. The Labute approximate surface area is 269 Å². The highest BCUT2D eigenvalue weighted by molar-refractivity contribution is 7.89. The van der Waals surface area contributed by atoms with Crippen LogP contribution < -0.4 is 4.72 Å². The molecule has 1 aliphatic heterocycles. The van der Waals surface area contributed by atoms with Crippen LogP contribution >= 0.6 is 34.5 Å². The van der Waals surface area contributed by atoms with Crippen molar-refractivity contribution in [2.24, 2.45) is 0 Å². The number of sulfonamides is 1. The van der Waals surface area contributed by atoms with Gasteiger partial charge in [0.25, 0.3) is 12.4 Å². The van der Waals surface area contributed by atoms with Gasteiger partial charge in [0.2, 0.25) is 21.7 Å². The van der Waals surface area contributed by atoms with Crippen molar-refractivity contribution in [3.8, 4) is 21.3 Å². The fourth-order valence-corrected chi connectivity index (χ4v) is 7.91. The molecule has 1 saturated heterocycles. The molecule has 19 heteroatoms. The summed E-state index contributed by atoms with van der Waals surface area (Å²) in [6, 6.07) is -0.0932. The Bertz CT molecular complexity index is 1650. The number of carbonyl (C=O) groups is 1.